The van der Waals surface area contributed by atoms with E-state index < -0.39 is 0 Å². The van der Waals surface area contributed by atoms with Crippen LogP contribution in [0.25, 0.3) is 0 Å². The van der Waals surface area contributed by atoms with E-state index in [1.807, 2.05) is 36.4 Å². The van der Waals surface area contributed by atoms with Crippen molar-refractivity contribution in [3.8, 4) is 5.88 Å². The van der Waals surface area contributed by atoms with E-state index >= 15 is 0 Å². The van der Waals surface area contributed by atoms with Crippen LogP contribution in [-0.2, 0) is 6.61 Å². The van der Waals surface area contributed by atoms with Crippen molar-refractivity contribution >= 4 is 0 Å². The molecule has 0 aliphatic rings. The molecule has 1 unspecified atom stereocenters. The third-order valence-corrected chi connectivity index (χ3v) is 3.19. The lowest BCUT2D eigenvalue weighted by atomic mass is 9.96. The molecule has 0 amide bonds. The Labute approximate surface area is 108 Å². The molecule has 0 saturated carbocycles. The standard InChI is InChI=1S/C15H19NO2/c1-11(2)12(3)14-9-15(16-18-14)17-10-13-7-5-4-6-8-13/h4-9,11-12H,10H2,1-3H3. The molecule has 1 atom stereocenters. The summed E-state index contributed by atoms with van der Waals surface area (Å²) >= 11 is 0. The lowest BCUT2D eigenvalue weighted by Crippen LogP contribution is -2.00. The normalized spacial score (nSPS) is 12.7. The smallest absolute Gasteiger partial charge is 0.254 e. The SMILES string of the molecule is CC(C)C(C)c1cc(OCc2ccccc2)no1. The van der Waals surface area contributed by atoms with Gasteiger partial charge in [0.2, 0.25) is 0 Å². The lowest BCUT2D eigenvalue weighted by Gasteiger charge is -2.10. The molecule has 0 bridgehead atoms. The molecule has 0 spiro atoms. The summed E-state index contributed by atoms with van der Waals surface area (Å²) in [4.78, 5) is 0. The van der Waals surface area contributed by atoms with Crippen LogP contribution >= 0.6 is 0 Å². The van der Waals surface area contributed by atoms with Gasteiger partial charge in [0, 0.05) is 12.0 Å². The Kier molecular flexibility index (Phi) is 4.03. The predicted molar refractivity (Wildman–Crippen MR) is 70.5 cm³/mol. The second-order valence-corrected chi connectivity index (χ2v) is 4.87. The molecule has 0 aliphatic heterocycles. The van der Waals surface area contributed by atoms with Crippen molar-refractivity contribution in [1.29, 1.82) is 0 Å². The minimum absolute atomic E-state index is 0.353. The van der Waals surface area contributed by atoms with Gasteiger partial charge in [0.25, 0.3) is 5.88 Å². The first kappa shape index (κ1) is 12.7. The molecule has 3 heteroatoms. The number of rotatable bonds is 5. The van der Waals surface area contributed by atoms with Crippen molar-refractivity contribution in [2.45, 2.75) is 33.3 Å². The van der Waals surface area contributed by atoms with Gasteiger partial charge in [-0.05, 0) is 16.6 Å². The maximum absolute atomic E-state index is 5.60. The number of hydrogen-bond acceptors (Lipinski definition) is 3. The zero-order chi connectivity index (χ0) is 13.0. The Bertz CT molecular complexity index is 476. The fourth-order valence-corrected chi connectivity index (χ4v) is 1.61. The van der Waals surface area contributed by atoms with Crippen molar-refractivity contribution in [3.05, 3.63) is 47.7 Å². The molecular weight excluding hydrogens is 226 g/mol. The van der Waals surface area contributed by atoms with Gasteiger partial charge in [-0.2, -0.15) is 0 Å². The van der Waals surface area contributed by atoms with Crippen molar-refractivity contribution < 1.29 is 9.26 Å². The van der Waals surface area contributed by atoms with E-state index in [0.717, 1.165) is 11.3 Å². The fraction of sp³-hybridized carbons (Fsp3) is 0.400. The molecule has 1 heterocycles. The van der Waals surface area contributed by atoms with E-state index in [9.17, 15) is 0 Å². The molecule has 0 saturated heterocycles. The van der Waals surface area contributed by atoms with E-state index in [0.29, 0.717) is 24.3 Å². The second kappa shape index (κ2) is 5.71. The van der Waals surface area contributed by atoms with E-state index in [1.165, 1.54) is 0 Å². The Morgan fingerprint density at radius 1 is 1.17 bits per heavy atom. The molecule has 0 N–H and O–H groups in total. The van der Waals surface area contributed by atoms with E-state index in [-0.39, 0.29) is 0 Å². The Balaban J connectivity index is 1.95. The molecule has 1 aromatic heterocycles. The highest BCUT2D eigenvalue weighted by Gasteiger charge is 2.16. The van der Waals surface area contributed by atoms with Gasteiger partial charge in [-0.1, -0.05) is 51.1 Å². The Morgan fingerprint density at radius 3 is 2.56 bits per heavy atom. The number of aromatic nitrogens is 1. The van der Waals surface area contributed by atoms with E-state index in [4.69, 9.17) is 9.26 Å². The highest BCUT2D eigenvalue weighted by molar-refractivity contribution is 5.17. The Morgan fingerprint density at radius 2 is 1.89 bits per heavy atom. The van der Waals surface area contributed by atoms with Crippen LogP contribution in [-0.4, -0.2) is 5.16 Å². The third kappa shape index (κ3) is 3.13. The lowest BCUT2D eigenvalue weighted by molar-refractivity contribution is 0.261. The molecule has 1 aromatic carbocycles. The third-order valence-electron chi connectivity index (χ3n) is 3.19. The van der Waals surface area contributed by atoms with Gasteiger partial charge in [-0.15, -0.1) is 0 Å². The largest absolute Gasteiger partial charge is 0.471 e. The Hall–Kier alpha value is -1.77. The first-order chi connectivity index (χ1) is 8.66. The molecular formula is C15H19NO2. The van der Waals surface area contributed by atoms with E-state index in [2.05, 4.69) is 25.9 Å². The topological polar surface area (TPSA) is 35.3 Å². The molecule has 96 valence electrons. The average Bonchev–Trinajstić information content (AvgIpc) is 2.85. The first-order valence-electron chi connectivity index (χ1n) is 6.30. The summed E-state index contributed by atoms with van der Waals surface area (Å²) in [6, 6.07) is 11.9. The molecule has 0 radical (unpaired) electrons. The van der Waals surface area contributed by atoms with Crippen LogP contribution in [0.15, 0.2) is 40.9 Å². The predicted octanol–water partition coefficient (Wildman–Crippen LogP) is 4.01. The molecule has 2 rings (SSSR count). The monoisotopic (exact) mass is 245 g/mol. The number of ether oxygens (including phenoxy) is 1. The molecule has 18 heavy (non-hydrogen) atoms. The summed E-state index contributed by atoms with van der Waals surface area (Å²) in [7, 11) is 0. The average molecular weight is 245 g/mol. The molecule has 3 nitrogen and oxygen atoms in total. The van der Waals surface area contributed by atoms with Crippen LogP contribution in [0.3, 0.4) is 0 Å². The number of benzene rings is 1. The zero-order valence-electron chi connectivity index (χ0n) is 11.1. The van der Waals surface area contributed by atoms with Crippen LogP contribution in [0.1, 0.15) is 38.0 Å². The summed E-state index contributed by atoms with van der Waals surface area (Å²) in [6.45, 7) is 6.98. The maximum Gasteiger partial charge on any atom is 0.254 e. The van der Waals surface area contributed by atoms with Gasteiger partial charge >= 0.3 is 0 Å². The summed E-state index contributed by atoms with van der Waals surface area (Å²) in [6.07, 6.45) is 0. The van der Waals surface area contributed by atoms with Gasteiger partial charge in [0.1, 0.15) is 12.4 Å². The van der Waals surface area contributed by atoms with Crippen molar-refractivity contribution in [1.82, 2.24) is 5.16 Å². The van der Waals surface area contributed by atoms with Gasteiger partial charge in [-0.25, -0.2) is 0 Å². The van der Waals surface area contributed by atoms with Crippen LogP contribution in [0.4, 0.5) is 0 Å². The molecule has 0 fully saturated rings. The highest BCUT2D eigenvalue weighted by atomic mass is 16.5. The summed E-state index contributed by atoms with van der Waals surface area (Å²) < 4.78 is 10.9. The summed E-state index contributed by atoms with van der Waals surface area (Å²) in [5, 5.41) is 3.94. The molecule has 2 aromatic rings. The van der Waals surface area contributed by atoms with Crippen molar-refractivity contribution in [2.75, 3.05) is 0 Å². The van der Waals surface area contributed by atoms with Crippen molar-refractivity contribution in [3.63, 3.8) is 0 Å². The van der Waals surface area contributed by atoms with Crippen LogP contribution in [0, 0.1) is 5.92 Å². The van der Waals surface area contributed by atoms with Crippen LogP contribution in [0.5, 0.6) is 5.88 Å². The highest BCUT2D eigenvalue weighted by Crippen LogP contribution is 2.26. The van der Waals surface area contributed by atoms with Crippen LogP contribution in [0.2, 0.25) is 0 Å². The quantitative estimate of drug-likeness (QED) is 0.798. The van der Waals surface area contributed by atoms with Crippen molar-refractivity contribution in [2.24, 2.45) is 5.92 Å². The zero-order valence-corrected chi connectivity index (χ0v) is 11.1. The van der Waals surface area contributed by atoms with Gasteiger partial charge in [0.05, 0.1) is 0 Å². The second-order valence-electron chi connectivity index (χ2n) is 4.87. The minimum atomic E-state index is 0.353. The minimum Gasteiger partial charge on any atom is -0.471 e. The summed E-state index contributed by atoms with van der Waals surface area (Å²) in [5.41, 5.74) is 1.12. The first-order valence-corrected chi connectivity index (χ1v) is 6.30. The summed E-state index contributed by atoms with van der Waals surface area (Å²) in [5.74, 6) is 2.32. The van der Waals surface area contributed by atoms with Gasteiger partial charge in [0.15, 0.2) is 0 Å². The molecule has 0 aliphatic carbocycles. The number of hydrogen-bond donors (Lipinski definition) is 0. The maximum atomic E-state index is 5.60. The van der Waals surface area contributed by atoms with Gasteiger partial charge in [-0.3, -0.25) is 0 Å². The fourth-order valence-electron chi connectivity index (χ4n) is 1.61. The van der Waals surface area contributed by atoms with Crippen LogP contribution < -0.4 is 4.74 Å². The van der Waals surface area contributed by atoms with E-state index in [1.54, 1.807) is 0 Å². The van der Waals surface area contributed by atoms with Gasteiger partial charge < -0.3 is 9.26 Å². The number of nitrogens with zero attached hydrogens (tertiary/aromatic N) is 1.